The van der Waals surface area contributed by atoms with Crippen molar-refractivity contribution in [1.82, 2.24) is 22.8 Å². The molecule has 4 atom stereocenters. The fourth-order valence-electron chi connectivity index (χ4n) is 26.2. The standard InChI is InChI=1S/C31H27N2.C30H31N2.C25H23N2.C24H27N2.C20H21N2/c1-22-14-10-12-20-28(22)32-23(2)30-31(25-15-6-4-7-16-25,26-17-8-5-9-18-26)27-19-11-13-21-29(27)33(30)24(32)3;1-21-13-7-11-19-27(21)31-22(2)29-30(25-16-8-9-17-25,24-14-5-4-6-15-24)26-18-10-12-20-28(26)32(29)23(31)3;1-17-11-7-9-15-22(17)26-18(2)25-24(20-12-5-4-6-13-20)21-14-8-10-16-23(21)27(25)19(26)3;1-16-10-4-8-14-21(16)25-17(2)24-23(19-11-5-6-12-19)20-13-7-9-15-22(20)26(24)18(25)3;1-13-9-5-7-11-18(13)21-15(3)20-14(2)17-10-6-8-12-19(17)22(20)16(21)4/h4-21H,1-3H3;4-7,10-15,18-20,25H,8-9,16-17H2,1-3H3;4-16,24H,1-3H3;4,7-10,13-15,19,23H,5-6,11-12H2,1-3H3;5-12,14H,1-4H3/q5*+1/i;;24D;23D;14D. The van der Waals surface area contributed by atoms with E-state index in [2.05, 4.69) is 483 Å². The predicted molar refractivity (Wildman–Crippen MR) is 566 cm³/mol. The zero-order valence-electron chi connectivity index (χ0n) is 86.9. The van der Waals surface area contributed by atoms with E-state index in [1.807, 2.05) is 37.3 Å². The van der Waals surface area contributed by atoms with E-state index in [-0.39, 0.29) is 10.8 Å². The van der Waals surface area contributed by atoms with E-state index >= 15 is 0 Å². The lowest BCUT2D eigenvalue weighted by Gasteiger charge is -2.35. The van der Waals surface area contributed by atoms with Crippen molar-refractivity contribution < 1.29 is 26.9 Å². The van der Waals surface area contributed by atoms with Crippen molar-refractivity contribution >= 4 is 0 Å². The van der Waals surface area contributed by atoms with Crippen LogP contribution in [0.1, 0.15) is 244 Å². The van der Waals surface area contributed by atoms with E-state index in [1.54, 1.807) is 0 Å². The van der Waals surface area contributed by atoms with Gasteiger partial charge in [-0.1, -0.05) is 336 Å². The van der Waals surface area contributed by atoms with Crippen LogP contribution < -0.4 is 22.8 Å². The second-order valence-electron chi connectivity index (χ2n) is 39.7. The van der Waals surface area contributed by atoms with E-state index in [1.165, 1.54) is 197 Å². The molecule has 26 rings (SSSR count). The molecule has 2 saturated carbocycles. The van der Waals surface area contributed by atoms with E-state index in [0.717, 1.165) is 75.3 Å². The number of aromatic nitrogens is 10. The fraction of sp³-hybridized carbons (Fsp3) is 0.238. The smallest absolute Gasteiger partial charge is 0.197 e. The van der Waals surface area contributed by atoms with Crippen LogP contribution in [0.15, 0.2) is 364 Å². The van der Waals surface area contributed by atoms with Crippen molar-refractivity contribution in [2.75, 3.05) is 0 Å². The summed E-state index contributed by atoms with van der Waals surface area (Å²) in [7, 11) is 0. The summed E-state index contributed by atoms with van der Waals surface area (Å²) >= 11 is 0. The summed E-state index contributed by atoms with van der Waals surface area (Å²) in [6.45, 7) is 35.0. The summed E-state index contributed by atoms with van der Waals surface area (Å²) in [5.41, 5.74) is 41.3. The lowest BCUT2D eigenvalue weighted by Crippen LogP contribution is -2.41. The van der Waals surface area contributed by atoms with Crippen LogP contribution in [0, 0.1) is 116 Å². The molecule has 10 heteroatoms. The van der Waals surface area contributed by atoms with Gasteiger partial charge in [-0.2, -0.15) is 45.7 Å². The van der Waals surface area contributed by atoms with Crippen LogP contribution in [-0.4, -0.2) is 22.8 Å². The molecule has 0 radical (unpaired) electrons. The Morgan fingerprint density at radius 1 is 0.264 bits per heavy atom. The topological polar surface area (TPSA) is 44.0 Å². The average Bonchev–Trinajstić information content (AvgIpc) is 1.51. The molecule has 5 aliphatic heterocycles. The highest BCUT2D eigenvalue weighted by atomic mass is 15.2. The molecule has 19 aromatic rings. The third-order valence-corrected chi connectivity index (χ3v) is 32.1. The van der Waals surface area contributed by atoms with Gasteiger partial charge in [0, 0.05) is 101 Å². The van der Waals surface area contributed by atoms with Crippen LogP contribution in [0.3, 0.4) is 0 Å². The van der Waals surface area contributed by atoms with Crippen LogP contribution in [0.25, 0.3) is 56.9 Å². The number of rotatable bonds is 11. The Labute approximate surface area is 831 Å². The first-order valence-corrected chi connectivity index (χ1v) is 50.6. The highest BCUT2D eigenvalue weighted by molar-refractivity contribution is 5.68. The minimum atomic E-state index is -0.930. The number of aryl methyl sites for hydroxylation is 5. The number of hydrogen-bond acceptors (Lipinski definition) is 0. The molecule has 0 spiro atoms. The molecule has 14 aromatic carbocycles. The Morgan fingerprint density at radius 3 is 1.06 bits per heavy atom. The molecule has 2 fully saturated rings. The van der Waals surface area contributed by atoms with E-state index in [4.69, 9.17) is 1.37 Å². The molecule has 140 heavy (non-hydrogen) atoms. The van der Waals surface area contributed by atoms with E-state index in [9.17, 15) is 2.74 Å². The number of para-hydroxylation sites is 10. The van der Waals surface area contributed by atoms with Gasteiger partial charge in [-0.3, -0.25) is 0 Å². The van der Waals surface area contributed by atoms with Gasteiger partial charge in [0.05, 0.1) is 23.1 Å². The first kappa shape index (κ1) is 86.7. The Kier molecular flexibility index (Phi) is 22.6. The maximum absolute atomic E-state index is 9.77. The van der Waals surface area contributed by atoms with Gasteiger partial charge in [0.1, 0.15) is 79.4 Å². The number of nitrogens with zero attached hydrogens (tertiary/aromatic N) is 10. The van der Waals surface area contributed by atoms with Gasteiger partial charge in [0.2, 0.25) is 0 Å². The van der Waals surface area contributed by atoms with Crippen LogP contribution in [0.5, 0.6) is 0 Å². The second-order valence-corrected chi connectivity index (χ2v) is 39.7. The molecule has 694 valence electrons. The SMILES string of the molecule is Cc1ccccc1-n1c(C)c2[n+](c1C)-c1ccccc1C2(c1ccccc1)C1CCCC1.Cc1ccccc1-n1c(C)c2[n+](c1C)-c1ccccc1C2(c1ccccc1)c1ccccc1.[2H]C1(C)c2ccccc2-n2c1c(C)[n+](-c1ccccc1C)c2C.[2H]C1(C2CCCC2)c2ccccc2-n2c1c(C)[n+](-c1ccccc1C)c2C.[2H]C1(c2ccccc2)c2ccccc2-n2c1c(C)[n+](-c1ccccc1C)c2C. The Hall–Kier alpha value is -14.9. The molecular formula is C130H129N10+5. The van der Waals surface area contributed by atoms with Gasteiger partial charge in [0.25, 0.3) is 29.1 Å². The molecule has 2 aliphatic carbocycles. The third kappa shape index (κ3) is 14.1. The fourth-order valence-corrected chi connectivity index (χ4v) is 26.2. The summed E-state index contributed by atoms with van der Waals surface area (Å²) in [5, 5.41) is 0. The highest BCUT2D eigenvalue weighted by Crippen LogP contribution is 2.58. The summed E-state index contributed by atoms with van der Waals surface area (Å²) < 4.78 is 52.3. The van der Waals surface area contributed by atoms with Gasteiger partial charge in [-0.15, -0.1) is 0 Å². The summed E-state index contributed by atoms with van der Waals surface area (Å²) in [6, 6.07) is 130. The third-order valence-electron chi connectivity index (χ3n) is 32.1. The maximum Gasteiger partial charge on any atom is 0.264 e. The van der Waals surface area contributed by atoms with Crippen molar-refractivity contribution in [1.29, 1.82) is 0 Å². The molecule has 5 aromatic heterocycles. The highest BCUT2D eigenvalue weighted by Gasteiger charge is 2.59. The summed E-state index contributed by atoms with van der Waals surface area (Å²) in [4.78, 5) is 0. The molecule has 4 unspecified atom stereocenters. The van der Waals surface area contributed by atoms with Crippen LogP contribution in [-0.2, 0) is 10.8 Å². The van der Waals surface area contributed by atoms with Crippen molar-refractivity contribution in [2.45, 2.75) is 191 Å². The lowest BCUT2D eigenvalue weighted by atomic mass is 9.63. The number of hydrogen-bond donors (Lipinski definition) is 0. The van der Waals surface area contributed by atoms with Crippen molar-refractivity contribution in [2.24, 2.45) is 11.8 Å². The molecule has 7 aliphatic rings. The van der Waals surface area contributed by atoms with Gasteiger partial charge < -0.3 is 0 Å². The molecule has 0 N–H and O–H groups in total. The van der Waals surface area contributed by atoms with Crippen molar-refractivity contribution in [3.8, 4) is 56.9 Å². The predicted octanol–water partition coefficient (Wildman–Crippen LogP) is 27.5. The Morgan fingerprint density at radius 2 is 0.586 bits per heavy atom. The second kappa shape index (κ2) is 36.5. The first-order valence-electron chi connectivity index (χ1n) is 52.1. The molecular weight excluding hydrogens is 1700 g/mol. The van der Waals surface area contributed by atoms with Gasteiger partial charge in [-0.05, 0) is 183 Å². The van der Waals surface area contributed by atoms with Gasteiger partial charge in [-0.25, -0.2) is 0 Å². The molecule has 10 heterocycles. The minimum Gasteiger partial charge on any atom is -0.197 e. The van der Waals surface area contributed by atoms with Gasteiger partial charge >= 0.3 is 0 Å². The minimum absolute atomic E-state index is 0.100. The zero-order chi connectivity index (χ0) is 99.0. The molecule has 0 saturated heterocycles. The van der Waals surface area contributed by atoms with Crippen LogP contribution in [0.4, 0.5) is 0 Å². The van der Waals surface area contributed by atoms with Gasteiger partial charge in [0.15, 0.2) is 39.9 Å². The largest absolute Gasteiger partial charge is 0.264 e. The Balaban J connectivity index is 0.000000103. The molecule has 0 amide bonds. The average molecular weight is 1830 g/mol. The van der Waals surface area contributed by atoms with Crippen molar-refractivity contribution in [3.05, 3.63) is 528 Å². The van der Waals surface area contributed by atoms with Crippen LogP contribution >= 0.6 is 0 Å². The number of benzene rings is 14. The Bertz CT molecular complexity index is 8130. The van der Waals surface area contributed by atoms with E-state index < -0.39 is 17.7 Å². The quantitative estimate of drug-likeness (QED) is 0.116. The number of imidazole rings is 5. The van der Waals surface area contributed by atoms with Crippen LogP contribution in [0.2, 0.25) is 0 Å². The van der Waals surface area contributed by atoms with Crippen molar-refractivity contribution in [3.63, 3.8) is 0 Å². The summed E-state index contributed by atoms with van der Waals surface area (Å²) in [5.74, 6) is 4.69. The van der Waals surface area contributed by atoms with E-state index in [0.29, 0.717) is 11.8 Å². The normalized spacial score (nSPS) is 18.5. The first-order chi connectivity index (χ1) is 69.3. The number of fused-ring (bicyclic) bond motifs is 15. The lowest BCUT2D eigenvalue weighted by molar-refractivity contribution is -0.609. The zero-order valence-corrected chi connectivity index (χ0v) is 83.9. The maximum atomic E-state index is 9.77. The monoisotopic (exact) mass is 1830 g/mol. The molecule has 0 bridgehead atoms. The summed E-state index contributed by atoms with van der Waals surface area (Å²) in [6.07, 6.45) is 10.1. The molecule has 10 nitrogen and oxygen atoms in total.